The van der Waals surface area contributed by atoms with E-state index in [0.717, 1.165) is 25.7 Å². The molecular formula is C26H35ClO6. The minimum Gasteiger partial charge on any atom is -0.483 e. The maximum absolute atomic E-state index is 12.6. The lowest BCUT2D eigenvalue weighted by Crippen LogP contribution is -2.18. The van der Waals surface area contributed by atoms with Gasteiger partial charge in [-0.1, -0.05) is 57.3 Å². The Hall–Kier alpha value is -2.47. The average Bonchev–Trinajstić information content (AvgIpc) is 2.73. The van der Waals surface area contributed by atoms with E-state index in [1.54, 1.807) is 18.2 Å². The normalized spacial score (nSPS) is 12.8. The minimum absolute atomic E-state index is 0.167. The molecule has 33 heavy (non-hydrogen) atoms. The highest BCUT2D eigenvalue weighted by Crippen LogP contribution is 2.54. The number of rotatable bonds is 12. The van der Waals surface area contributed by atoms with E-state index in [2.05, 4.69) is 13.8 Å². The van der Waals surface area contributed by atoms with Crippen LogP contribution in [0.25, 0.3) is 10.8 Å². The Morgan fingerprint density at radius 3 is 1.94 bits per heavy atom. The zero-order valence-corrected chi connectivity index (χ0v) is 21.2. The second-order valence-corrected chi connectivity index (χ2v) is 8.64. The predicted molar refractivity (Wildman–Crippen MR) is 131 cm³/mol. The van der Waals surface area contributed by atoms with Crippen molar-refractivity contribution in [2.45, 2.75) is 92.3 Å². The number of hydrogen-bond donors (Lipinski definition) is 0. The van der Waals surface area contributed by atoms with Gasteiger partial charge in [0, 0.05) is 18.7 Å². The lowest BCUT2D eigenvalue weighted by molar-refractivity contribution is -0.134. The smallest absolute Gasteiger partial charge is 0.311 e. The number of esters is 2. The second-order valence-electron chi connectivity index (χ2n) is 8.23. The lowest BCUT2D eigenvalue weighted by Gasteiger charge is -2.25. The fourth-order valence-corrected chi connectivity index (χ4v) is 3.91. The van der Waals surface area contributed by atoms with Crippen molar-refractivity contribution in [3.8, 4) is 23.0 Å². The quantitative estimate of drug-likeness (QED) is 0.236. The Labute approximate surface area is 201 Å². The molecule has 0 aliphatic carbocycles. The highest BCUT2D eigenvalue weighted by molar-refractivity contribution is 6.36. The number of benzene rings is 2. The number of carbonyl (C=O) groups is 2. The summed E-state index contributed by atoms with van der Waals surface area (Å²) in [4.78, 5) is 24.6. The van der Waals surface area contributed by atoms with Gasteiger partial charge in [-0.05, 0) is 39.2 Å². The molecule has 0 spiro atoms. The Balaban J connectivity index is 2.90. The van der Waals surface area contributed by atoms with Gasteiger partial charge in [-0.15, -0.1) is 0 Å². The lowest BCUT2D eigenvalue weighted by atomic mass is 10.1. The molecule has 0 radical (unpaired) electrons. The van der Waals surface area contributed by atoms with Crippen LogP contribution in [-0.2, 0) is 9.59 Å². The molecule has 2 unspecified atom stereocenters. The van der Waals surface area contributed by atoms with Crippen molar-refractivity contribution in [2.75, 3.05) is 0 Å². The van der Waals surface area contributed by atoms with E-state index >= 15 is 0 Å². The maximum Gasteiger partial charge on any atom is 0.311 e. The molecule has 0 amide bonds. The minimum atomic E-state index is -0.521. The van der Waals surface area contributed by atoms with Crippen LogP contribution in [0.1, 0.15) is 80.1 Å². The first-order chi connectivity index (χ1) is 15.7. The van der Waals surface area contributed by atoms with Crippen molar-refractivity contribution in [3.63, 3.8) is 0 Å². The molecule has 0 fully saturated rings. The van der Waals surface area contributed by atoms with Crippen molar-refractivity contribution >= 4 is 34.3 Å². The molecule has 6 nitrogen and oxygen atoms in total. The number of carbonyl (C=O) groups excluding carboxylic acids is 2. The van der Waals surface area contributed by atoms with Crippen LogP contribution in [-0.4, -0.2) is 24.1 Å². The van der Waals surface area contributed by atoms with Gasteiger partial charge in [-0.25, -0.2) is 0 Å². The van der Waals surface area contributed by atoms with Crippen LogP contribution >= 0.6 is 11.6 Å². The van der Waals surface area contributed by atoms with Gasteiger partial charge in [0.25, 0.3) is 0 Å². The SMILES string of the molecule is CCCC(=O)Oc1c(OC(C)CCC)c(OC(C)CCC)c(OC(C)=O)c2c(Cl)cccc12. The number of ether oxygens (including phenoxy) is 4. The molecule has 0 N–H and O–H groups in total. The first-order valence-electron chi connectivity index (χ1n) is 11.7. The summed E-state index contributed by atoms with van der Waals surface area (Å²) in [6, 6.07) is 5.20. The summed E-state index contributed by atoms with van der Waals surface area (Å²) in [7, 11) is 0. The van der Waals surface area contributed by atoms with Gasteiger partial charge in [0.05, 0.1) is 22.6 Å². The number of fused-ring (bicyclic) bond motifs is 1. The molecule has 0 aliphatic heterocycles. The van der Waals surface area contributed by atoms with Gasteiger partial charge >= 0.3 is 11.9 Å². The van der Waals surface area contributed by atoms with Gasteiger partial charge < -0.3 is 18.9 Å². The monoisotopic (exact) mass is 478 g/mol. The van der Waals surface area contributed by atoms with Crippen molar-refractivity contribution in [3.05, 3.63) is 23.2 Å². The third kappa shape index (κ3) is 7.00. The highest BCUT2D eigenvalue weighted by atomic mass is 35.5. The van der Waals surface area contributed by atoms with Gasteiger partial charge in [0.15, 0.2) is 11.5 Å². The van der Waals surface area contributed by atoms with Crippen LogP contribution < -0.4 is 18.9 Å². The molecule has 7 heteroatoms. The molecule has 2 aromatic rings. The van der Waals surface area contributed by atoms with Crippen molar-refractivity contribution in [2.24, 2.45) is 0 Å². The molecule has 0 aliphatic rings. The summed E-state index contributed by atoms with van der Waals surface area (Å²) < 4.78 is 24.1. The Bertz CT molecular complexity index is 971. The Morgan fingerprint density at radius 1 is 0.848 bits per heavy atom. The third-order valence-electron chi connectivity index (χ3n) is 5.05. The van der Waals surface area contributed by atoms with Gasteiger partial charge in [0.2, 0.25) is 11.5 Å². The standard InChI is InChI=1S/C26H35ClO6/c1-7-11-16(4)30-25-23(33-21(29)13-9-3)19-14-10-15-20(27)22(19)24(32-18(6)28)26(25)31-17(5)12-8-2/h10,14-17H,7-9,11-13H2,1-6H3. The molecule has 2 rings (SSSR count). The molecule has 2 atom stereocenters. The summed E-state index contributed by atoms with van der Waals surface area (Å²) in [5, 5.41) is 1.29. The van der Waals surface area contributed by atoms with E-state index in [9.17, 15) is 9.59 Å². The van der Waals surface area contributed by atoms with Crippen LogP contribution in [0.3, 0.4) is 0 Å². The largest absolute Gasteiger partial charge is 0.483 e. The molecule has 182 valence electrons. The third-order valence-corrected chi connectivity index (χ3v) is 5.36. The molecule has 0 saturated carbocycles. The van der Waals surface area contributed by atoms with E-state index in [0.29, 0.717) is 22.2 Å². The van der Waals surface area contributed by atoms with Crippen LogP contribution in [0.2, 0.25) is 5.02 Å². The van der Waals surface area contributed by atoms with E-state index in [4.69, 9.17) is 30.5 Å². The molecule has 2 aromatic carbocycles. The Kier molecular flexibility index (Phi) is 10.3. The fourth-order valence-electron chi connectivity index (χ4n) is 3.64. The average molecular weight is 479 g/mol. The van der Waals surface area contributed by atoms with Gasteiger partial charge in [-0.2, -0.15) is 0 Å². The van der Waals surface area contributed by atoms with Crippen LogP contribution in [0.5, 0.6) is 23.0 Å². The van der Waals surface area contributed by atoms with Crippen LogP contribution in [0.4, 0.5) is 0 Å². The van der Waals surface area contributed by atoms with E-state index in [-0.39, 0.29) is 47.6 Å². The van der Waals surface area contributed by atoms with Crippen LogP contribution in [0.15, 0.2) is 18.2 Å². The van der Waals surface area contributed by atoms with E-state index < -0.39 is 5.97 Å². The molecule has 0 saturated heterocycles. The molecule has 0 bridgehead atoms. The zero-order chi connectivity index (χ0) is 24.5. The fraction of sp³-hybridized carbons (Fsp3) is 0.538. The summed E-state index contributed by atoms with van der Waals surface area (Å²) in [5.41, 5.74) is 0. The Morgan fingerprint density at radius 2 is 1.42 bits per heavy atom. The highest BCUT2D eigenvalue weighted by Gasteiger charge is 2.30. The van der Waals surface area contributed by atoms with Crippen molar-refractivity contribution < 1.29 is 28.5 Å². The zero-order valence-electron chi connectivity index (χ0n) is 20.5. The summed E-state index contributed by atoms with van der Waals surface area (Å²) in [5.74, 6) is -0.0565. The summed E-state index contributed by atoms with van der Waals surface area (Å²) in [6.07, 6.45) is 3.86. The molecule has 0 heterocycles. The van der Waals surface area contributed by atoms with E-state index in [1.165, 1.54) is 6.92 Å². The first-order valence-corrected chi connectivity index (χ1v) is 12.1. The van der Waals surface area contributed by atoms with Crippen molar-refractivity contribution in [1.82, 2.24) is 0 Å². The number of hydrogen-bond acceptors (Lipinski definition) is 6. The second kappa shape index (κ2) is 12.7. The predicted octanol–water partition coefficient (Wildman–Crippen LogP) is 7.26. The van der Waals surface area contributed by atoms with Crippen LogP contribution in [0, 0.1) is 0 Å². The van der Waals surface area contributed by atoms with Crippen molar-refractivity contribution in [1.29, 1.82) is 0 Å². The maximum atomic E-state index is 12.6. The van der Waals surface area contributed by atoms with Gasteiger partial charge in [0.1, 0.15) is 0 Å². The van der Waals surface area contributed by atoms with E-state index in [1.807, 2.05) is 20.8 Å². The number of halogens is 1. The topological polar surface area (TPSA) is 71.1 Å². The first kappa shape index (κ1) is 26.8. The molecule has 0 aromatic heterocycles. The van der Waals surface area contributed by atoms with Gasteiger partial charge in [-0.3, -0.25) is 9.59 Å². The summed E-state index contributed by atoms with van der Waals surface area (Å²) >= 11 is 6.56. The molecular weight excluding hydrogens is 444 g/mol. The summed E-state index contributed by atoms with van der Waals surface area (Å²) in [6.45, 7) is 11.2.